The van der Waals surface area contributed by atoms with Crippen LogP contribution in [0.1, 0.15) is 44.7 Å². The highest BCUT2D eigenvalue weighted by atomic mass is 16.3. The molecule has 0 saturated heterocycles. The van der Waals surface area contributed by atoms with E-state index in [1.54, 1.807) is 0 Å². The monoisotopic (exact) mass is 225 g/mol. The molecule has 1 rings (SSSR count). The van der Waals surface area contributed by atoms with Crippen LogP contribution in [-0.4, -0.2) is 27.5 Å². The second-order valence-corrected chi connectivity index (χ2v) is 4.19. The number of nitrogens with one attached hydrogen (secondary N) is 1. The summed E-state index contributed by atoms with van der Waals surface area (Å²) in [7, 11) is 1.93. The first-order valence-corrected chi connectivity index (χ1v) is 6.06. The van der Waals surface area contributed by atoms with Crippen molar-refractivity contribution in [1.82, 2.24) is 15.1 Å². The van der Waals surface area contributed by atoms with Gasteiger partial charge in [-0.05, 0) is 19.3 Å². The average Bonchev–Trinajstić information content (AvgIpc) is 2.71. The van der Waals surface area contributed by atoms with Crippen molar-refractivity contribution >= 4 is 0 Å². The summed E-state index contributed by atoms with van der Waals surface area (Å²) < 4.78 is 1.83. The third-order valence-electron chi connectivity index (χ3n) is 2.94. The van der Waals surface area contributed by atoms with Crippen LogP contribution in [0.4, 0.5) is 0 Å². The van der Waals surface area contributed by atoms with Crippen LogP contribution < -0.4 is 5.32 Å². The van der Waals surface area contributed by atoms with Crippen LogP contribution >= 0.6 is 0 Å². The fraction of sp³-hybridized carbons (Fsp3) is 0.750. The molecule has 1 heterocycles. The van der Waals surface area contributed by atoms with Crippen LogP contribution in [-0.2, 0) is 7.05 Å². The fourth-order valence-electron chi connectivity index (χ4n) is 1.92. The molecule has 2 atom stereocenters. The normalized spacial score (nSPS) is 15.0. The minimum Gasteiger partial charge on any atom is -0.396 e. The van der Waals surface area contributed by atoms with Gasteiger partial charge in [0.15, 0.2) is 0 Å². The molecule has 0 aromatic carbocycles. The lowest BCUT2D eigenvalue weighted by atomic mass is 10.0. The van der Waals surface area contributed by atoms with E-state index in [2.05, 4.69) is 24.3 Å². The van der Waals surface area contributed by atoms with Crippen molar-refractivity contribution < 1.29 is 5.11 Å². The van der Waals surface area contributed by atoms with Gasteiger partial charge in [-0.1, -0.05) is 13.8 Å². The Morgan fingerprint density at radius 2 is 2.19 bits per heavy atom. The Bertz CT molecular complexity index is 298. The Morgan fingerprint density at radius 1 is 1.44 bits per heavy atom. The minimum atomic E-state index is 0.245. The lowest BCUT2D eigenvalue weighted by Gasteiger charge is -2.22. The van der Waals surface area contributed by atoms with E-state index < -0.39 is 0 Å². The summed E-state index contributed by atoms with van der Waals surface area (Å²) in [5, 5.41) is 16.7. The zero-order chi connectivity index (χ0) is 12.0. The topological polar surface area (TPSA) is 50.1 Å². The van der Waals surface area contributed by atoms with Crippen molar-refractivity contribution in [1.29, 1.82) is 0 Å². The third kappa shape index (κ3) is 3.61. The van der Waals surface area contributed by atoms with Crippen LogP contribution in [0.5, 0.6) is 0 Å². The molecule has 4 heteroatoms. The molecule has 0 fully saturated rings. The van der Waals surface area contributed by atoms with E-state index >= 15 is 0 Å². The molecule has 4 nitrogen and oxygen atoms in total. The highest BCUT2D eigenvalue weighted by Gasteiger charge is 2.15. The molecule has 2 unspecified atom stereocenters. The molecule has 2 N–H and O–H groups in total. The molecule has 92 valence electrons. The lowest BCUT2D eigenvalue weighted by Crippen LogP contribution is -2.32. The molecule has 0 aliphatic heterocycles. The quantitative estimate of drug-likeness (QED) is 0.741. The average molecular weight is 225 g/mol. The van der Waals surface area contributed by atoms with Crippen LogP contribution in [0.25, 0.3) is 0 Å². The number of aromatic nitrogens is 2. The highest BCUT2D eigenvalue weighted by Crippen LogP contribution is 2.17. The molecular formula is C12H23N3O. The summed E-state index contributed by atoms with van der Waals surface area (Å²) in [6.45, 7) is 4.55. The maximum atomic E-state index is 8.97. The number of hydrogen-bond donors (Lipinski definition) is 2. The number of hydrogen-bond acceptors (Lipinski definition) is 3. The Kier molecular flexibility index (Phi) is 5.49. The molecule has 0 radical (unpaired) electrons. The van der Waals surface area contributed by atoms with Crippen molar-refractivity contribution in [3.8, 4) is 0 Å². The number of aryl methyl sites for hydroxylation is 1. The summed E-state index contributed by atoms with van der Waals surface area (Å²) in [6, 6.07) is 0.723. The zero-order valence-corrected chi connectivity index (χ0v) is 10.5. The van der Waals surface area contributed by atoms with Crippen molar-refractivity contribution in [2.75, 3.05) is 6.61 Å². The standard InChI is InChI=1S/C12H23N3O/c1-4-11(6-7-16)14-12(5-2)10-8-13-15(3)9-10/h8-9,11-12,14,16H,4-7H2,1-3H3. The van der Waals surface area contributed by atoms with E-state index in [0.717, 1.165) is 19.3 Å². The van der Waals surface area contributed by atoms with Crippen molar-refractivity contribution in [2.24, 2.45) is 7.05 Å². The second kappa shape index (κ2) is 6.66. The van der Waals surface area contributed by atoms with Gasteiger partial charge < -0.3 is 10.4 Å². The predicted molar refractivity (Wildman–Crippen MR) is 65.2 cm³/mol. The van der Waals surface area contributed by atoms with Gasteiger partial charge in [0.1, 0.15) is 0 Å². The maximum Gasteiger partial charge on any atom is 0.0537 e. The molecule has 1 aromatic rings. The zero-order valence-electron chi connectivity index (χ0n) is 10.5. The van der Waals surface area contributed by atoms with E-state index in [1.165, 1.54) is 5.56 Å². The molecule has 0 amide bonds. The second-order valence-electron chi connectivity index (χ2n) is 4.19. The van der Waals surface area contributed by atoms with E-state index in [4.69, 9.17) is 5.11 Å². The number of aliphatic hydroxyl groups is 1. The smallest absolute Gasteiger partial charge is 0.0537 e. The van der Waals surface area contributed by atoms with Gasteiger partial charge >= 0.3 is 0 Å². The first-order valence-electron chi connectivity index (χ1n) is 6.06. The molecule has 0 aliphatic rings. The fourth-order valence-corrected chi connectivity index (χ4v) is 1.92. The molecule has 0 aliphatic carbocycles. The first-order chi connectivity index (χ1) is 7.71. The van der Waals surface area contributed by atoms with Gasteiger partial charge in [0.25, 0.3) is 0 Å². The summed E-state index contributed by atoms with van der Waals surface area (Å²) >= 11 is 0. The lowest BCUT2D eigenvalue weighted by molar-refractivity contribution is 0.254. The Hall–Kier alpha value is -0.870. The van der Waals surface area contributed by atoms with E-state index in [9.17, 15) is 0 Å². The summed E-state index contributed by atoms with van der Waals surface area (Å²) in [5.74, 6) is 0. The summed E-state index contributed by atoms with van der Waals surface area (Å²) in [5.41, 5.74) is 1.22. The summed E-state index contributed by atoms with van der Waals surface area (Å²) in [6.07, 6.45) is 6.85. The van der Waals surface area contributed by atoms with E-state index in [1.807, 2.05) is 24.1 Å². The van der Waals surface area contributed by atoms with Gasteiger partial charge in [0.2, 0.25) is 0 Å². The highest BCUT2D eigenvalue weighted by molar-refractivity contribution is 5.10. The van der Waals surface area contributed by atoms with Crippen LogP contribution in [0, 0.1) is 0 Å². The Labute approximate surface area is 97.7 Å². The summed E-state index contributed by atoms with van der Waals surface area (Å²) in [4.78, 5) is 0. The molecule has 0 bridgehead atoms. The van der Waals surface area contributed by atoms with Gasteiger partial charge in [0, 0.05) is 37.5 Å². The molecule has 16 heavy (non-hydrogen) atoms. The van der Waals surface area contributed by atoms with E-state index in [0.29, 0.717) is 12.1 Å². The number of nitrogens with zero attached hydrogens (tertiary/aromatic N) is 2. The molecule has 0 saturated carbocycles. The van der Waals surface area contributed by atoms with Crippen LogP contribution in [0.2, 0.25) is 0 Å². The van der Waals surface area contributed by atoms with Gasteiger partial charge in [-0.2, -0.15) is 5.10 Å². The minimum absolute atomic E-state index is 0.245. The maximum absolute atomic E-state index is 8.97. The Morgan fingerprint density at radius 3 is 2.62 bits per heavy atom. The van der Waals surface area contributed by atoms with Gasteiger partial charge in [-0.3, -0.25) is 4.68 Å². The van der Waals surface area contributed by atoms with Crippen molar-refractivity contribution in [2.45, 2.75) is 45.2 Å². The number of rotatable bonds is 7. The molecular weight excluding hydrogens is 202 g/mol. The van der Waals surface area contributed by atoms with Crippen LogP contribution in [0.15, 0.2) is 12.4 Å². The van der Waals surface area contributed by atoms with Crippen molar-refractivity contribution in [3.05, 3.63) is 18.0 Å². The Balaban J connectivity index is 2.60. The van der Waals surface area contributed by atoms with Gasteiger partial charge in [-0.25, -0.2) is 0 Å². The van der Waals surface area contributed by atoms with Gasteiger partial charge in [-0.15, -0.1) is 0 Å². The van der Waals surface area contributed by atoms with Crippen molar-refractivity contribution in [3.63, 3.8) is 0 Å². The first kappa shape index (κ1) is 13.2. The van der Waals surface area contributed by atoms with Gasteiger partial charge in [0.05, 0.1) is 6.20 Å². The molecule has 1 aromatic heterocycles. The number of aliphatic hydroxyl groups excluding tert-OH is 1. The van der Waals surface area contributed by atoms with Crippen LogP contribution in [0.3, 0.4) is 0 Å². The van der Waals surface area contributed by atoms with E-state index in [-0.39, 0.29) is 6.61 Å². The predicted octanol–water partition coefficient (Wildman–Crippen LogP) is 1.62. The largest absolute Gasteiger partial charge is 0.396 e. The SMILES string of the molecule is CCC(CCO)NC(CC)c1cnn(C)c1. The third-order valence-corrected chi connectivity index (χ3v) is 2.94. The molecule has 0 spiro atoms.